The van der Waals surface area contributed by atoms with E-state index >= 15 is 0 Å². The minimum absolute atomic E-state index is 0.149. The summed E-state index contributed by atoms with van der Waals surface area (Å²) < 4.78 is 41.0. The third-order valence-corrected chi connectivity index (χ3v) is 4.00. The van der Waals surface area contributed by atoms with E-state index in [2.05, 4.69) is 31.9 Å². The van der Waals surface area contributed by atoms with Gasteiger partial charge in [-0.25, -0.2) is 13.2 Å². The predicted octanol–water partition coefficient (Wildman–Crippen LogP) is 5.55. The normalized spacial score (nSPS) is 12.5. The molecule has 0 heterocycles. The first kappa shape index (κ1) is 14.6. The maximum absolute atomic E-state index is 13.6. The van der Waals surface area contributed by atoms with Crippen molar-refractivity contribution in [3.63, 3.8) is 0 Å². The molecule has 2 rings (SSSR count). The van der Waals surface area contributed by atoms with Crippen LogP contribution in [0.25, 0.3) is 0 Å². The fourth-order valence-corrected chi connectivity index (χ4v) is 2.86. The molecule has 0 saturated heterocycles. The largest absolute Gasteiger partial charge is 0.207 e. The maximum Gasteiger partial charge on any atom is 0.133 e. The van der Waals surface area contributed by atoms with Gasteiger partial charge in [0, 0.05) is 27.0 Å². The topological polar surface area (TPSA) is 0 Å². The molecule has 1 unspecified atom stereocenters. The summed E-state index contributed by atoms with van der Waals surface area (Å²) in [4.78, 5) is -0.547. The summed E-state index contributed by atoms with van der Waals surface area (Å²) in [6, 6.07) is 8.80. The fraction of sp³-hybridized carbons (Fsp3) is 0.143. The average molecular weight is 394 g/mol. The Bertz CT molecular complexity index is 559. The molecular weight excluding hydrogens is 385 g/mol. The van der Waals surface area contributed by atoms with Gasteiger partial charge in [0.25, 0.3) is 0 Å². The monoisotopic (exact) mass is 392 g/mol. The molecule has 0 spiro atoms. The van der Waals surface area contributed by atoms with Crippen LogP contribution in [0, 0.1) is 17.5 Å². The van der Waals surface area contributed by atoms with Crippen molar-refractivity contribution in [2.24, 2.45) is 0 Å². The Kier molecular flexibility index (Phi) is 4.68. The Morgan fingerprint density at radius 2 is 1.47 bits per heavy atom. The molecule has 0 bridgehead atoms. The minimum atomic E-state index is -0.915. The summed E-state index contributed by atoms with van der Waals surface area (Å²) in [5.41, 5.74) is 0.775. The first-order chi connectivity index (χ1) is 8.97. The molecule has 100 valence electrons. The maximum atomic E-state index is 13.6. The second kappa shape index (κ2) is 6.09. The zero-order valence-corrected chi connectivity index (χ0v) is 12.8. The molecule has 0 fully saturated rings. The van der Waals surface area contributed by atoms with E-state index in [-0.39, 0.29) is 5.56 Å². The van der Waals surface area contributed by atoms with E-state index in [1.54, 1.807) is 0 Å². The molecule has 0 saturated carbocycles. The van der Waals surface area contributed by atoms with Gasteiger partial charge in [-0.1, -0.05) is 44.0 Å². The molecule has 0 aromatic heterocycles. The molecule has 0 radical (unpaired) electrons. The van der Waals surface area contributed by atoms with Crippen LogP contribution in [-0.2, 0) is 6.42 Å². The van der Waals surface area contributed by atoms with Crippen LogP contribution in [0.1, 0.15) is 16.0 Å². The molecule has 1 atom stereocenters. The highest BCUT2D eigenvalue weighted by molar-refractivity contribution is 9.10. The first-order valence-electron chi connectivity index (χ1n) is 5.50. The fourth-order valence-electron chi connectivity index (χ4n) is 1.78. The van der Waals surface area contributed by atoms with E-state index in [9.17, 15) is 13.2 Å². The van der Waals surface area contributed by atoms with E-state index in [1.807, 2.05) is 24.3 Å². The zero-order chi connectivity index (χ0) is 14.0. The molecule has 19 heavy (non-hydrogen) atoms. The highest BCUT2D eigenvalue weighted by atomic mass is 79.9. The molecule has 0 aliphatic carbocycles. The van der Waals surface area contributed by atoms with Crippen molar-refractivity contribution in [3.8, 4) is 0 Å². The van der Waals surface area contributed by atoms with E-state index in [4.69, 9.17) is 0 Å². The van der Waals surface area contributed by atoms with E-state index < -0.39 is 22.3 Å². The number of alkyl halides is 1. The molecule has 5 heteroatoms. The first-order valence-corrected chi connectivity index (χ1v) is 7.21. The molecule has 2 aromatic rings. The third kappa shape index (κ3) is 3.60. The summed E-state index contributed by atoms with van der Waals surface area (Å²) in [6.45, 7) is 0. The SMILES string of the molecule is Fc1cc(F)c(C(Br)Cc2ccc(Br)cc2)c(F)c1. The molecule has 0 N–H and O–H groups in total. The Morgan fingerprint density at radius 3 is 2.00 bits per heavy atom. The van der Waals surface area contributed by atoms with Gasteiger partial charge in [0.2, 0.25) is 0 Å². The number of rotatable bonds is 3. The van der Waals surface area contributed by atoms with Crippen LogP contribution in [0.4, 0.5) is 13.2 Å². The van der Waals surface area contributed by atoms with Crippen LogP contribution in [0.3, 0.4) is 0 Å². The number of hydrogen-bond acceptors (Lipinski definition) is 0. The molecule has 0 aliphatic heterocycles. The van der Waals surface area contributed by atoms with E-state index in [1.165, 1.54) is 0 Å². The summed E-state index contributed by atoms with van der Waals surface area (Å²) in [5.74, 6) is -2.67. The molecule has 0 amide bonds. The van der Waals surface area contributed by atoms with Crippen molar-refractivity contribution < 1.29 is 13.2 Å². The van der Waals surface area contributed by atoms with Crippen molar-refractivity contribution in [2.75, 3.05) is 0 Å². The van der Waals surface area contributed by atoms with Gasteiger partial charge < -0.3 is 0 Å². The Morgan fingerprint density at radius 1 is 0.947 bits per heavy atom. The summed E-state index contributed by atoms with van der Waals surface area (Å²) in [7, 11) is 0. The number of hydrogen-bond donors (Lipinski definition) is 0. The minimum Gasteiger partial charge on any atom is -0.207 e. The summed E-state index contributed by atoms with van der Waals surface area (Å²) in [6.07, 6.45) is 0.409. The van der Waals surface area contributed by atoms with Gasteiger partial charge in [-0.05, 0) is 24.1 Å². The van der Waals surface area contributed by atoms with Gasteiger partial charge in [0.1, 0.15) is 17.5 Å². The van der Waals surface area contributed by atoms with Gasteiger partial charge in [-0.15, -0.1) is 0 Å². The van der Waals surface area contributed by atoms with Crippen LogP contribution in [0.15, 0.2) is 40.9 Å². The molecule has 0 aliphatic rings. The van der Waals surface area contributed by atoms with Crippen LogP contribution < -0.4 is 0 Å². The Balaban J connectivity index is 2.25. The van der Waals surface area contributed by atoms with Gasteiger partial charge in [-0.2, -0.15) is 0 Å². The standard InChI is InChI=1S/C14H9Br2F3/c15-9-3-1-8(2-4-9)5-11(16)14-12(18)6-10(17)7-13(14)19/h1-4,6-7,11H,5H2. The Labute approximate surface area is 125 Å². The highest BCUT2D eigenvalue weighted by Crippen LogP contribution is 2.32. The predicted molar refractivity (Wildman–Crippen MR) is 75.8 cm³/mol. The lowest BCUT2D eigenvalue weighted by Crippen LogP contribution is -2.03. The second-order valence-corrected chi connectivity index (χ2v) is 6.10. The van der Waals surface area contributed by atoms with Crippen LogP contribution in [0.2, 0.25) is 0 Å². The number of halogens is 5. The van der Waals surface area contributed by atoms with Crippen molar-refractivity contribution in [3.05, 3.63) is 69.4 Å². The van der Waals surface area contributed by atoms with Crippen molar-refractivity contribution in [2.45, 2.75) is 11.2 Å². The lowest BCUT2D eigenvalue weighted by Gasteiger charge is -2.12. The summed E-state index contributed by atoms with van der Waals surface area (Å²) in [5, 5.41) is 0. The van der Waals surface area contributed by atoms with Crippen LogP contribution >= 0.6 is 31.9 Å². The van der Waals surface area contributed by atoms with E-state index in [0.29, 0.717) is 18.6 Å². The second-order valence-electron chi connectivity index (χ2n) is 4.08. The van der Waals surface area contributed by atoms with Crippen LogP contribution in [-0.4, -0.2) is 0 Å². The third-order valence-electron chi connectivity index (χ3n) is 2.69. The smallest absolute Gasteiger partial charge is 0.133 e. The lowest BCUT2D eigenvalue weighted by atomic mass is 10.0. The Hall–Kier alpha value is -0.810. The van der Waals surface area contributed by atoms with Gasteiger partial charge >= 0.3 is 0 Å². The zero-order valence-electron chi connectivity index (χ0n) is 9.64. The average Bonchev–Trinajstić information content (AvgIpc) is 2.30. The molecule has 2 aromatic carbocycles. The number of benzene rings is 2. The van der Waals surface area contributed by atoms with Crippen molar-refractivity contribution in [1.29, 1.82) is 0 Å². The lowest BCUT2D eigenvalue weighted by molar-refractivity contribution is 0.522. The van der Waals surface area contributed by atoms with Gasteiger partial charge in [0.15, 0.2) is 0 Å². The quantitative estimate of drug-likeness (QED) is 0.600. The van der Waals surface area contributed by atoms with Crippen molar-refractivity contribution in [1.82, 2.24) is 0 Å². The van der Waals surface area contributed by atoms with E-state index in [0.717, 1.165) is 10.0 Å². The summed E-state index contributed by atoms with van der Waals surface area (Å²) >= 11 is 6.57. The van der Waals surface area contributed by atoms with Crippen LogP contribution in [0.5, 0.6) is 0 Å². The highest BCUT2D eigenvalue weighted by Gasteiger charge is 2.19. The van der Waals surface area contributed by atoms with Gasteiger partial charge in [-0.3, -0.25) is 0 Å². The molecular formula is C14H9Br2F3. The van der Waals surface area contributed by atoms with Crippen molar-refractivity contribution >= 4 is 31.9 Å². The van der Waals surface area contributed by atoms with Gasteiger partial charge in [0.05, 0.1) is 0 Å². The molecule has 0 nitrogen and oxygen atoms in total.